The molecule has 5 rings (SSSR count). The zero-order valence-corrected chi connectivity index (χ0v) is 28.7. The predicted molar refractivity (Wildman–Crippen MR) is 193 cm³/mol. The second kappa shape index (κ2) is 16.6. The average Bonchev–Trinajstić information content (AvgIpc) is 3.52. The lowest BCUT2D eigenvalue weighted by Gasteiger charge is -2.16. The second-order valence-corrected chi connectivity index (χ2v) is 13.7. The van der Waals surface area contributed by atoms with Gasteiger partial charge in [-0.25, -0.2) is 0 Å². The molecule has 0 aliphatic heterocycles. The Morgan fingerprint density at radius 1 is 0.894 bits per heavy atom. The number of halogens is 2. The molecule has 1 heterocycles. The van der Waals surface area contributed by atoms with Crippen LogP contribution in [0.15, 0.2) is 119 Å². The highest BCUT2D eigenvalue weighted by Gasteiger charge is 2.24. The number of aromatic nitrogens is 2. The van der Waals surface area contributed by atoms with Crippen molar-refractivity contribution >= 4 is 92.9 Å². The van der Waals surface area contributed by atoms with Crippen molar-refractivity contribution in [2.45, 2.75) is 22.2 Å². The monoisotopic (exact) mass is 719 g/mol. The van der Waals surface area contributed by atoms with Crippen molar-refractivity contribution in [3.63, 3.8) is 0 Å². The van der Waals surface area contributed by atoms with E-state index in [0.717, 1.165) is 27.7 Å². The first-order valence-electron chi connectivity index (χ1n) is 14.2. The van der Waals surface area contributed by atoms with Gasteiger partial charge in [-0.1, -0.05) is 96.5 Å². The maximum absolute atomic E-state index is 13.5. The van der Waals surface area contributed by atoms with Crippen LogP contribution in [0.2, 0.25) is 10.0 Å². The normalized spacial score (nSPS) is 11.9. The fourth-order valence-electron chi connectivity index (χ4n) is 4.19. The molecule has 0 aliphatic rings. The van der Waals surface area contributed by atoms with E-state index in [1.54, 1.807) is 60.7 Å². The predicted octanol–water partition coefficient (Wildman–Crippen LogP) is 8.84. The summed E-state index contributed by atoms with van der Waals surface area (Å²) in [6, 6.07) is 30.0. The summed E-state index contributed by atoms with van der Waals surface area (Å²) in [4.78, 5) is 45.1. The zero-order chi connectivity index (χ0) is 33.2. The van der Waals surface area contributed by atoms with Crippen molar-refractivity contribution < 1.29 is 14.4 Å². The molecule has 0 radical (unpaired) electrons. The standard InChI is InChI=1S/C34H27Cl2N5O3S3/c1-2-45-34-40-33(47-41-34)39-32(44)29(21-9-5-3-6-10-21)46-26-17-15-25(16-18-26)37-31(43)28(19-23-13-14-24(35)20-27(23)36)38-30(42)22-11-7-4-8-12-22/h3-20,29H,2H2,1H3,(H,37,43)(H,38,42)(H,39,40,41,44)/b28-19-. The van der Waals surface area contributed by atoms with Crippen LogP contribution in [-0.4, -0.2) is 32.8 Å². The summed E-state index contributed by atoms with van der Waals surface area (Å²) in [5, 5.41) is 9.69. The lowest BCUT2D eigenvalue weighted by molar-refractivity contribution is -0.116. The molecule has 13 heteroatoms. The molecule has 47 heavy (non-hydrogen) atoms. The van der Waals surface area contributed by atoms with Gasteiger partial charge in [0.25, 0.3) is 11.8 Å². The van der Waals surface area contributed by atoms with Crippen LogP contribution in [0.1, 0.15) is 33.7 Å². The molecule has 1 unspecified atom stereocenters. The van der Waals surface area contributed by atoms with Crippen LogP contribution in [0.25, 0.3) is 6.08 Å². The Bertz CT molecular complexity index is 1890. The number of anilines is 2. The van der Waals surface area contributed by atoms with Gasteiger partial charge in [0.05, 0.1) is 0 Å². The third-order valence-corrected chi connectivity index (χ3v) is 9.71. The molecule has 5 aromatic rings. The van der Waals surface area contributed by atoms with Gasteiger partial charge in [0, 0.05) is 37.7 Å². The van der Waals surface area contributed by atoms with Gasteiger partial charge in [-0.15, -0.1) is 11.8 Å². The Morgan fingerprint density at radius 3 is 2.28 bits per heavy atom. The Kier molecular flexibility index (Phi) is 12.1. The summed E-state index contributed by atoms with van der Waals surface area (Å²) in [5.41, 5.74) is 2.18. The molecule has 0 saturated carbocycles. The number of hydrogen-bond donors (Lipinski definition) is 3. The molecular formula is C34H27Cl2N5O3S3. The molecular weight excluding hydrogens is 694 g/mol. The van der Waals surface area contributed by atoms with Crippen LogP contribution in [0.4, 0.5) is 10.8 Å². The Labute approximate surface area is 294 Å². The number of nitrogens with one attached hydrogen (secondary N) is 3. The van der Waals surface area contributed by atoms with Gasteiger partial charge in [0.1, 0.15) is 10.9 Å². The first-order chi connectivity index (χ1) is 22.8. The maximum atomic E-state index is 13.5. The summed E-state index contributed by atoms with van der Waals surface area (Å²) < 4.78 is 4.28. The molecule has 238 valence electrons. The van der Waals surface area contributed by atoms with Gasteiger partial charge < -0.3 is 10.6 Å². The molecule has 0 aliphatic carbocycles. The third-order valence-electron chi connectivity index (χ3n) is 6.41. The van der Waals surface area contributed by atoms with Crippen molar-refractivity contribution in [1.29, 1.82) is 0 Å². The van der Waals surface area contributed by atoms with E-state index in [9.17, 15) is 14.4 Å². The first kappa shape index (κ1) is 34.2. The molecule has 3 N–H and O–H groups in total. The number of carbonyl (C=O) groups excluding carboxylic acids is 3. The van der Waals surface area contributed by atoms with E-state index in [4.69, 9.17) is 23.2 Å². The summed E-state index contributed by atoms with van der Waals surface area (Å²) >= 11 is 16.4. The van der Waals surface area contributed by atoms with Gasteiger partial charge in [-0.2, -0.15) is 9.36 Å². The van der Waals surface area contributed by atoms with Crippen molar-refractivity contribution in [2.75, 3.05) is 16.4 Å². The second-order valence-electron chi connectivity index (χ2n) is 9.74. The van der Waals surface area contributed by atoms with E-state index in [1.807, 2.05) is 49.4 Å². The maximum Gasteiger partial charge on any atom is 0.272 e. The molecule has 0 spiro atoms. The number of amides is 3. The van der Waals surface area contributed by atoms with Crippen molar-refractivity contribution in [2.24, 2.45) is 0 Å². The summed E-state index contributed by atoms with van der Waals surface area (Å²) in [7, 11) is 0. The first-order valence-corrected chi connectivity index (χ1v) is 17.6. The van der Waals surface area contributed by atoms with Crippen LogP contribution in [0, 0.1) is 0 Å². The van der Waals surface area contributed by atoms with E-state index in [-0.39, 0.29) is 11.6 Å². The molecule has 1 atom stereocenters. The topological polar surface area (TPSA) is 113 Å². The number of rotatable bonds is 12. The van der Waals surface area contributed by atoms with Gasteiger partial charge in [-0.3, -0.25) is 19.7 Å². The minimum atomic E-state index is -0.574. The van der Waals surface area contributed by atoms with Crippen LogP contribution >= 0.6 is 58.3 Å². The number of nitrogens with zero attached hydrogens (tertiary/aromatic N) is 2. The SMILES string of the molecule is CCSc1nsc(NC(=O)C(Sc2ccc(NC(=O)/C(=C/c3ccc(Cl)cc3Cl)NC(=O)c3ccccc3)cc2)c2ccccc2)n1. The van der Waals surface area contributed by atoms with Crippen molar-refractivity contribution in [3.8, 4) is 0 Å². The number of carbonyl (C=O) groups is 3. The minimum Gasteiger partial charge on any atom is -0.321 e. The van der Waals surface area contributed by atoms with Crippen LogP contribution in [0.5, 0.6) is 0 Å². The van der Waals surface area contributed by atoms with E-state index >= 15 is 0 Å². The van der Waals surface area contributed by atoms with E-state index in [2.05, 4.69) is 25.3 Å². The van der Waals surface area contributed by atoms with Crippen molar-refractivity contribution in [3.05, 3.63) is 136 Å². The van der Waals surface area contributed by atoms with E-state index in [1.165, 1.54) is 29.6 Å². The Morgan fingerprint density at radius 2 is 1.60 bits per heavy atom. The molecule has 0 bridgehead atoms. The van der Waals surface area contributed by atoms with Gasteiger partial charge in [-0.05, 0) is 71.5 Å². The molecule has 3 amide bonds. The summed E-state index contributed by atoms with van der Waals surface area (Å²) in [6.07, 6.45) is 1.49. The van der Waals surface area contributed by atoms with Crippen molar-refractivity contribution in [1.82, 2.24) is 14.7 Å². The Balaban J connectivity index is 1.32. The molecule has 0 fully saturated rings. The smallest absolute Gasteiger partial charge is 0.272 e. The minimum absolute atomic E-state index is 0.0143. The highest BCUT2D eigenvalue weighted by Crippen LogP contribution is 2.37. The number of benzene rings is 4. The fourth-order valence-corrected chi connectivity index (χ4v) is 6.95. The molecule has 0 saturated heterocycles. The Hall–Kier alpha value is -4.13. The van der Waals surface area contributed by atoms with Crippen LogP contribution in [0.3, 0.4) is 0 Å². The largest absolute Gasteiger partial charge is 0.321 e. The fraction of sp³-hybridized carbons (Fsp3) is 0.0882. The van der Waals surface area contributed by atoms with Crippen LogP contribution in [-0.2, 0) is 9.59 Å². The highest BCUT2D eigenvalue weighted by molar-refractivity contribution is 8.00. The lowest BCUT2D eigenvalue weighted by Crippen LogP contribution is -2.30. The van der Waals surface area contributed by atoms with E-state index < -0.39 is 17.1 Å². The van der Waals surface area contributed by atoms with Gasteiger partial charge in [0.15, 0.2) is 0 Å². The number of thioether (sulfide) groups is 2. The van der Waals surface area contributed by atoms with E-state index in [0.29, 0.717) is 37.1 Å². The number of hydrogen-bond acceptors (Lipinski definition) is 8. The summed E-state index contributed by atoms with van der Waals surface area (Å²) in [6.45, 7) is 2.01. The third kappa shape index (κ3) is 9.69. The quantitative estimate of drug-likeness (QED) is 0.0872. The highest BCUT2D eigenvalue weighted by atomic mass is 35.5. The molecule has 4 aromatic carbocycles. The van der Waals surface area contributed by atoms with Crippen LogP contribution < -0.4 is 16.0 Å². The molecule has 8 nitrogen and oxygen atoms in total. The molecule has 1 aromatic heterocycles. The summed E-state index contributed by atoms with van der Waals surface area (Å²) in [5.74, 6) is -0.407. The zero-order valence-electron chi connectivity index (χ0n) is 24.8. The van der Waals surface area contributed by atoms with Gasteiger partial charge >= 0.3 is 0 Å². The average molecular weight is 721 g/mol. The lowest BCUT2D eigenvalue weighted by atomic mass is 10.1. The van der Waals surface area contributed by atoms with Gasteiger partial charge in [0.2, 0.25) is 16.2 Å².